The average molecular weight is 385 g/mol. The number of anilines is 3. The van der Waals surface area contributed by atoms with Crippen LogP contribution in [0.2, 0.25) is 10.0 Å². The minimum absolute atomic E-state index is 0.593. The third-order valence-corrected chi connectivity index (χ3v) is 5.19. The molecule has 0 amide bonds. The lowest BCUT2D eigenvalue weighted by atomic mass is 10.0. The number of ether oxygens (including phenoxy) is 1. The molecular formula is C21H18Cl2N2O. The van der Waals surface area contributed by atoms with Crippen LogP contribution in [0.15, 0.2) is 54.6 Å². The van der Waals surface area contributed by atoms with Crippen LogP contribution in [0.4, 0.5) is 17.1 Å². The van der Waals surface area contributed by atoms with Crippen LogP contribution in [-0.4, -0.2) is 0 Å². The maximum Gasteiger partial charge on any atom is 0.153 e. The van der Waals surface area contributed by atoms with E-state index < -0.39 is 0 Å². The van der Waals surface area contributed by atoms with Crippen molar-refractivity contribution < 1.29 is 4.74 Å². The van der Waals surface area contributed by atoms with Gasteiger partial charge in [0.2, 0.25) is 0 Å². The third kappa shape index (κ3) is 3.59. The second kappa shape index (κ2) is 7.10. The van der Waals surface area contributed by atoms with Gasteiger partial charge in [-0.3, -0.25) is 0 Å². The summed E-state index contributed by atoms with van der Waals surface area (Å²) in [6.07, 6.45) is 2.93. The maximum absolute atomic E-state index is 6.08. The smallest absolute Gasteiger partial charge is 0.153 e. The van der Waals surface area contributed by atoms with Crippen LogP contribution in [0.5, 0.6) is 11.5 Å². The first-order valence-corrected chi connectivity index (χ1v) is 9.25. The van der Waals surface area contributed by atoms with Crippen molar-refractivity contribution >= 4 is 40.3 Å². The fraction of sp³-hybridized carbons (Fsp3) is 0.143. The van der Waals surface area contributed by atoms with E-state index in [-0.39, 0.29) is 0 Å². The second-order valence-corrected chi connectivity index (χ2v) is 7.23. The van der Waals surface area contributed by atoms with Gasteiger partial charge >= 0.3 is 0 Å². The minimum atomic E-state index is 0.593. The molecule has 26 heavy (non-hydrogen) atoms. The molecular weight excluding hydrogens is 367 g/mol. The van der Waals surface area contributed by atoms with Gasteiger partial charge in [-0.05, 0) is 66.8 Å². The molecule has 3 aromatic carbocycles. The van der Waals surface area contributed by atoms with Gasteiger partial charge in [-0.25, -0.2) is 0 Å². The van der Waals surface area contributed by atoms with E-state index in [1.807, 2.05) is 36.4 Å². The molecule has 0 aromatic heterocycles. The van der Waals surface area contributed by atoms with Gasteiger partial charge in [0.05, 0.1) is 21.4 Å². The highest BCUT2D eigenvalue weighted by molar-refractivity contribution is 6.42. The first-order valence-electron chi connectivity index (χ1n) is 8.50. The lowest BCUT2D eigenvalue weighted by molar-refractivity contribution is 0.480. The van der Waals surface area contributed by atoms with Crippen molar-refractivity contribution in [2.45, 2.75) is 19.3 Å². The Balaban J connectivity index is 1.43. The number of hydrogen-bond acceptors (Lipinski definition) is 3. The molecule has 0 unspecified atom stereocenters. The molecule has 3 aromatic rings. The summed E-state index contributed by atoms with van der Waals surface area (Å²) in [5.74, 6) is 1.58. The number of rotatable bonds is 4. The standard InChI is InChI=1S/C21H18Cl2N2O/c22-16-7-4-13(10-17(16)23)2-1-3-14-5-8-18-20(11-14)26-21-12-15(24)6-9-19(21)25-18/h4-12,25H,1-3,24H2. The van der Waals surface area contributed by atoms with Crippen molar-refractivity contribution in [3.05, 3.63) is 75.8 Å². The van der Waals surface area contributed by atoms with Crippen LogP contribution in [0.3, 0.4) is 0 Å². The molecule has 3 nitrogen and oxygen atoms in total. The molecule has 0 radical (unpaired) electrons. The Morgan fingerprint density at radius 1 is 0.769 bits per heavy atom. The lowest BCUT2D eigenvalue weighted by Gasteiger charge is -2.22. The third-order valence-electron chi connectivity index (χ3n) is 4.46. The number of benzene rings is 3. The van der Waals surface area contributed by atoms with Crippen LogP contribution in [0.25, 0.3) is 0 Å². The van der Waals surface area contributed by atoms with Gasteiger partial charge in [0, 0.05) is 11.8 Å². The van der Waals surface area contributed by atoms with Crippen LogP contribution in [-0.2, 0) is 12.8 Å². The molecule has 0 saturated carbocycles. The van der Waals surface area contributed by atoms with Crippen molar-refractivity contribution in [3.63, 3.8) is 0 Å². The van der Waals surface area contributed by atoms with Gasteiger partial charge in [0.15, 0.2) is 11.5 Å². The SMILES string of the molecule is Nc1ccc2c(c1)Oc1cc(CCCc3ccc(Cl)c(Cl)c3)ccc1N2. The summed E-state index contributed by atoms with van der Waals surface area (Å²) < 4.78 is 6.02. The molecule has 3 N–H and O–H groups in total. The number of nitrogens with one attached hydrogen (secondary N) is 1. The van der Waals surface area contributed by atoms with Crippen LogP contribution >= 0.6 is 23.2 Å². The summed E-state index contributed by atoms with van der Waals surface area (Å²) in [6.45, 7) is 0. The van der Waals surface area contributed by atoms with Gasteiger partial charge in [-0.2, -0.15) is 0 Å². The van der Waals surface area contributed by atoms with E-state index in [1.165, 1.54) is 11.1 Å². The molecule has 5 heteroatoms. The number of hydrogen-bond donors (Lipinski definition) is 2. The summed E-state index contributed by atoms with van der Waals surface area (Å²) in [7, 11) is 0. The quantitative estimate of drug-likeness (QED) is 0.389. The van der Waals surface area contributed by atoms with Crippen molar-refractivity contribution in [3.8, 4) is 11.5 Å². The molecule has 4 rings (SSSR count). The average Bonchev–Trinajstić information content (AvgIpc) is 2.63. The van der Waals surface area contributed by atoms with E-state index in [0.717, 1.165) is 42.1 Å². The normalized spacial score (nSPS) is 11.9. The van der Waals surface area contributed by atoms with Gasteiger partial charge in [-0.1, -0.05) is 35.3 Å². The molecule has 1 aliphatic heterocycles. The van der Waals surface area contributed by atoms with E-state index in [4.69, 9.17) is 33.7 Å². The predicted octanol–water partition coefficient (Wildman–Crippen LogP) is 6.60. The lowest BCUT2D eigenvalue weighted by Crippen LogP contribution is -2.04. The zero-order valence-electron chi connectivity index (χ0n) is 14.1. The largest absolute Gasteiger partial charge is 0.453 e. The van der Waals surface area contributed by atoms with Crippen molar-refractivity contribution in [2.24, 2.45) is 0 Å². The van der Waals surface area contributed by atoms with E-state index >= 15 is 0 Å². The summed E-state index contributed by atoms with van der Waals surface area (Å²) in [4.78, 5) is 0. The molecule has 0 fully saturated rings. The molecule has 0 saturated heterocycles. The Kier molecular flexibility index (Phi) is 4.66. The maximum atomic E-state index is 6.08. The van der Waals surface area contributed by atoms with E-state index in [1.54, 1.807) is 0 Å². The summed E-state index contributed by atoms with van der Waals surface area (Å²) in [6, 6.07) is 17.7. The summed E-state index contributed by atoms with van der Waals surface area (Å²) >= 11 is 12.0. The van der Waals surface area contributed by atoms with Gasteiger partial charge in [0.25, 0.3) is 0 Å². The Morgan fingerprint density at radius 2 is 1.42 bits per heavy atom. The van der Waals surface area contributed by atoms with Crippen LogP contribution in [0, 0.1) is 0 Å². The zero-order chi connectivity index (χ0) is 18.1. The van der Waals surface area contributed by atoms with Crippen molar-refractivity contribution in [2.75, 3.05) is 11.1 Å². The Morgan fingerprint density at radius 3 is 2.19 bits per heavy atom. The fourth-order valence-corrected chi connectivity index (χ4v) is 3.41. The number of halogens is 2. The van der Waals surface area contributed by atoms with E-state index in [2.05, 4.69) is 23.5 Å². The molecule has 0 aliphatic carbocycles. The summed E-state index contributed by atoms with van der Waals surface area (Å²) in [5, 5.41) is 4.58. The molecule has 132 valence electrons. The Bertz CT molecular complexity index is 972. The topological polar surface area (TPSA) is 47.3 Å². The van der Waals surface area contributed by atoms with Gasteiger partial charge < -0.3 is 15.8 Å². The monoisotopic (exact) mass is 384 g/mol. The predicted molar refractivity (Wildman–Crippen MR) is 109 cm³/mol. The number of aryl methyl sites for hydroxylation is 2. The highest BCUT2D eigenvalue weighted by atomic mass is 35.5. The molecule has 0 spiro atoms. The van der Waals surface area contributed by atoms with Crippen LogP contribution in [0.1, 0.15) is 17.5 Å². The number of nitrogens with two attached hydrogens (primary N) is 1. The summed E-state index contributed by atoms with van der Waals surface area (Å²) in [5.41, 5.74) is 10.9. The van der Waals surface area contributed by atoms with Gasteiger partial charge in [-0.15, -0.1) is 0 Å². The van der Waals surface area contributed by atoms with E-state index in [9.17, 15) is 0 Å². The van der Waals surface area contributed by atoms with Gasteiger partial charge in [0.1, 0.15) is 0 Å². The highest BCUT2D eigenvalue weighted by Crippen LogP contribution is 2.43. The molecule has 0 bridgehead atoms. The molecule has 0 atom stereocenters. The fourth-order valence-electron chi connectivity index (χ4n) is 3.09. The first-order chi connectivity index (χ1) is 12.6. The number of nitrogen functional groups attached to an aromatic ring is 1. The van der Waals surface area contributed by atoms with Crippen molar-refractivity contribution in [1.29, 1.82) is 0 Å². The molecule has 1 aliphatic rings. The molecule has 1 heterocycles. The highest BCUT2D eigenvalue weighted by Gasteiger charge is 2.16. The number of fused-ring (bicyclic) bond motifs is 2. The van der Waals surface area contributed by atoms with Crippen molar-refractivity contribution in [1.82, 2.24) is 0 Å². The Labute approximate surface area is 162 Å². The van der Waals surface area contributed by atoms with E-state index in [0.29, 0.717) is 15.7 Å². The second-order valence-electron chi connectivity index (χ2n) is 6.42. The zero-order valence-corrected chi connectivity index (χ0v) is 15.6. The first kappa shape index (κ1) is 17.1. The Hall–Kier alpha value is -2.36. The van der Waals surface area contributed by atoms with Crippen LogP contribution < -0.4 is 15.8 Å². The minimum Gasteiger partial charge on any atom is -0.453 e.